The summed E-state index contributed by atoms with van der Waals surface area (Å²) in [4.78, 5) is 9.06. The van der Waals surface area contributed by atoms with Crippen molar-refractivity contribution in [3.05, 3.63) is 24.0 Å². The van der Waals surface area contributed by atoms with Crippen molar-refractivity contribution < 1.29 is 17.9 Å². The van der Waals surface area contributed by atoms with Crippen LogP contribution in [0.1, 0.15) is 19.2 Å². The number of benzene rings is 1. The minimum absolute atomic E-state index is 0.314. The van der Waals surface area contributed by atoms with Crippen molar-refractivity contribution in [1.29, 1.82) is 0 Å². The van der Waals surface area contributed by atoms with E-state index in [1.807, 2.05) is 36.7 Å². The average Bonchev–Trinajstić information content (AvgIpc) is 2.96. The highest BCUT2D eigenvalue weighted by atomic mass is 32.2. The lowest BCUT2D eigenvalue weighted by Gasteiger charge is -2.12. The van der Waals surface area contributed by atoms with Gasteiger partial charge < -0.3 is 19.8 Å². The number of ether oxygens (including phenoxy) is 2. The number of imidazole rings is 1. The van der Waals surface area contributed by atoms with Crippen LogP contribution in [0.2, 0.25) is 0 Å². The highest BCUT2D eigenvalue weighted by Crippen LogP contribution is 2.34. The lowest BCUT2D eigenvalue weighted by molar-refractivity contribution is 0.126. The zero-order valence-corrected chi connectivity index (χ0v) is 17.0. The lowest BCUT2D eigenvalue weighted by atomic mass is 10.1. The number of nitrogens with zero attached hydrogens (tertiary/aromatic N) is 3. The summed E-state index contributed by atoms with van der Waals surface area (Å²) in [6.07, 6.45) is 1.67. The number of aryl methyl sites for hydroxylation is 1. The molecule has 10 heteroatoms. The number of sulfonamides is 1. The summed E-state index contributed by atoms with van der Waals surface area (Å²) in [6.45, 7) is 3.57. The van der Waals surface area contributed by atoms with Crippen molar-refractivity contribution >= 4 is 37.8 Å². The van der Waals surface area contributed by atoms with Gasteiger partial charge in [0.1, 0.15) is 23.7 Å². The van der Waals surface area contributed by atoms with Gasteiger partial charge in [-0.25, -0.2) is 23.1 Å². The molecule has 0 spiro atoms. The Bertz CT molecular complexity index is 1090. The number of aromatic nitrogens is 3. The normalized spacial score (nSPS) is 12.1. The Morgan fingerprint density at radius 2 is 2.07 bits per heavy atom. The summed E-state index contributed by atoms with van der Waals surface area (Å²) in [5.74, 6) is 1.76. The molecule has 0 atom stereocenters. The largest absolute Gasteiger partial charge is 0.493 e. The van der Waals surface area contributed by atoms with Crippen molar-refractivity contribution in [3.63, 3.8) is 0 Å². The maximum absolute atomic E-state index is 11.1. The van der Waals surface area contributed by atoms with Gasteiger partial charge >= 0.3 is 0 Å². The number of fused-ring (bicyclic) bond motifs is 3. The smallest absolute Gasteiger partial charge is 0.208 e. The van der Waals surface area contributed by atoms with Crippen LogP contribution < -0.4 is 15.2 Å². The SMILES string of the molecule is CCOCc1nc2c(N)nc3cccc(OCCCNS(C)(=O)=O)c3c2n1C. The molecule has 28 heavy (non-hydrogen) atoms. The van der Waals surface area contributed by atoms with E-state index in [9.17, 15) is 8.42 Å². The average molecular weight is 407 g/mol. The van der Waals surface area contributed by atoms with E-state index in [4.69, 9.17) is 15.2 Å². The van der Waals surface area contributed by atoms with E-state index in [0.717, 1.165) is 23.0 Å². The molecule has 0 saturated carbocycles. The molecule has 0 aliphatic heterocycles. The molecule has 0 aliphatic rings. The highest BCUT2D eigenvalue weighted by Gasteiger charge is 2.18. The van der Waals surface area contributed by atoms with Gasteiger partial charge in [0.25, 0.3) is 0 Å². The number of hydrogen-bond acceptors (Lipinski definition) is 7. The molecule has 0 unspecified atom stereocenters. The van der Waals surface area contributed by atoms with Crippen molar-refractivity contribution in [2.24, 2.45) is 7.05 Å². The zero-order chi connectivity index (χ0) is 20.3. The third-order valence-electron chi connectivity index (χ3n) is 4.29. The van der Waals surface area contributed by atoms with E-state index < -0.39 is 10.0 Å². The van der Waals surface area contributed by atoms with Crippen LogP contribution in [0.4, 0.5) is 5.82 Å². The molecule has 0 saturated heterocycles. The molecule has 0 bridgehead atoms. The lowest BCUT2D eigenvalue weighted by Crippen LogP contribution is -2.24. The number of hydrogen-bond donors (Lipinski definition) is 2. The van der Waals surface area contributed by atoms with Gasteiger partial charge in [-0.15, -0.1) is 0 Å². The van der Waals surface area contributed by atoms with Crippen LogP contribution in [0.25, 0.3) is 21.9 Å². The third kappa shape index (κ3) is 4.34. The van der Waals surface area contributed by atoms with E-state index in [0.29, 0.717) is 55.4 Å². The van der Waals surface area contributed by atoms with Gasteiger partial charge in [-0.1, -0.05) is 6.07 Å². The maximum atomic E-state index is 11.1. The van der Waals surface area contributed by atoms with Crippen molar-refractivity contribution in [2.45, 2.75) is 20.0 Å². The second-order valence-corrected chi connectivity index (χ2v) is 8.27. The fourth-order valence-electron chi connectivity index (χ4n) is 3.00. The van der Waals surface area contributed by atoms with Crippen LogP contribution in [-0.2, 0) is 28.4 Å². The molecule has 2 aromatic heterocycles. The molecule has 0 amide bonds. The number of nitrogens with two attached hydrogens (primary N) is 1. The molecule has 0 aliphatic carbocycles. The Hall–Kier alpha value is -2.43. The summed E-state index contributed by atoms with van der Waals surface area (Å²) in [5, 5.41) is 0.820. The topological polar surface area (TPSA) is 121 Å². The molecule has 1 aromatic carbocycles. The van der Waals surface area contributed by atoms with Crippen LogP contribution in [0, 0.1) is 0 Å². The van der Waals surface area contributed by atoms with E-state index in [1.54, 1.807) is 0 Å². The molecule has 9 nitrogen and oxygen atoms in total. The van der Waals surface area contributed by atoms with Crippen LogP contribution in [0.5, 0.6) is 5.75 Å². The minimum atomic E-state index is -3.20. The van der Waals surface area contributed by atoms with Gasteiger partial charge in [-0.2, -0.15) is 0 Å². The first kappa shape index (κ1) is 20.3. The van der Waals surface area contributed by atoms with Crippen molar-refractivity contribution in [2.75, 3.05) is 31.7 Å². The molecule has 0 radical (unpaired) electrons. The summed E-state index contributed by atoms with van der Waals surface area (Å²) in [5.41, 5.74) is 8.29. The molecular weight excluding hydrogens is 382 g/mol. The van der Waals surface area contributed by atoms with Gasteiger partial charge in [0, 0.05) is 20.2 Å². The number of anilines is 1. The van der Waals surface area contributed by atoms with Crippen LogP contribution in [0.15, 0.2) is 18.2 Å². The predicted octanol–water partition coefficient (Wildman–Crippen LogP) is 1.56. The Labute approximate surface area is 163 Å². The highest BCUT2D eigenvalue weighted by molar-refractivity contribution is 7.88. The van der Waals surface area contributed by atoms with Crippen LogP contribution in [0.3, 0.4) is 0 Å². The molecule has 3 aromatic rings. The minimum Gasteiger partial charge on any atom is -0.493 e. The predicted molar refractivity (Wildman–Crippen MR) is 109 cm³/mol. The van der Waals surface area contributed by atoms with Crippen molar-refractivity contribution in [1.82, 2.24) is 19.3 Å². The van der Waals surface area contributed by atoms with Gasteiger partial charge in [0.2, 0.25) is 10.0 Å². The number of pyridine rings is 1. The first-order valence-electron chi connectivity index (χ1n) is 9.00. The Morgan fingerprint density at radius 1 is 1.29 bits per heavy atom. The molecule has 3 N–H and O–H groups in total. The van der Waals surface area contributed by atoms with E-state index in [-0.39, 0.29) is 0 Å². The third-order valence-corrected chi connectivity index (χ3v) is 5.02. The standard InChI is InChI=1S/C18H25N5O4S/c1-4-26-11-14-22-16-17(23(14)2)15-12(21-18(16)19)7-5-8-13(15)27-10-6-9-20-28(3,24)25/h5,7-8,20H,4,6,9-11H2,1-3H3,(H2,19,21). The summed E-state index contributed by atoms with van der Waals surface area (Å²) in [6, 6.07) is 5.58. The number of nitrogens with one attached hydrogen (secondary N) is 1. The number of nitrogen functional groups attached to an aromatic ring is 1. The molecular formula is C18H25N5O4S. The van der Waals surface area contributed by atoms with Gasteiger partial charge in [0.05, 0.1) is 29.3 Å². The maximum Gasteiger partial charge on any atom is 0.208 e. The quantitative estimate of drug-likeness (QED) is 0.516. The molecule has 152 valence electrons. The van der Waals surface area contributed by atoms with Crippen molar-refractivity contribution in [3.8, 4) is 5.75 Å². The number of rotatable bonds is 9. The van der Waals surface area contributed by atoms with E-state index in [2.05, 4.69) is 14.7 Å². The molecule has 3 rings (SSSR count). The second-order valence-electron chi connectivity index (χ2n) is 6.44. The second kappa shape index (κ2) is 8.29. The van der Waals surface area contributed by atoms with E-state index in [1.165, 1.54) is 0 Å². The first-order chi connectivity index (χ1) is 13.3. The summed E-state index contributed by atoms with van der Waals surface area (Å²) in [7, 11) is -1.29. The molecule has 0 fully saturated rings. The Balaban J connectivity index is 1.95. The van der Waals surface area contributed by atoms with E-state index >= 15 is 0 Å². The summed E-state index contributed by atoms with van der Waals surface area (Å²) >= 11 is 0. The first-order valence-corrected chi connectivity index (χ1v) is 10.9. The van der Waals surface area contributed by atoms with Gasteiger partial charge in [-0.3, -0.25) is 0 Å². The molecule has 2 heterocycles. The summed E-state index contributed by atoms with van der Waals surface area (Å²) < 4.78 is 38.1. The Kier molecular flexibility index (Phi) is 6.01. The Morgan fingerprint density at radius 3 is 2.79 bits per heavy atom. The van der Waals surface area contributed by atoms with Crippen LogP contribution in [-0.4, -0.2) is 49.0 Å². The monoisotopic (exact) mass is 407 g/mol. The fourth-order valence-corrected chi connectivity index (χ4v) is 3.51. The van der Waals surface area contributed by atoms with Gasteiger partial charge in [0.15, 0.2) is 5.82 Å². The fraction of sp³-hybridized carbons (Fsp3) is 0.444. The van der Waals surface area contributed by atoms with Gasteiger partial charge in [-0.05, 0) is 25.5 Å². The van der Waals surface area contributed by atoms with Crippen LogP contribution >= 0.6 is 0 Å². The zero-order valence-electron chi connectivity index (χ0n) is 16.2.